The normalized spacial score (nSPS) is 17.8. The molecule has 1 fully saturated rings. The summed E-state index contributed by atoms with van der Waals surface area (Å²) >= 11 is 0.924. The number of hydrogen-bond acceptors (Lipinski definition) is 4. The van der Waals surface area contributed by atoms with Crippen molar-refractivity contribution in [3.8, 4) is 0 Å². The maximum atomic E-state index is 12.6. The van der Waals surface area contributed by atoms with E-state index in [0.29, 0.717) is 4.91 Å². The van der Waals surface area contributed by atoms with Gasteiger partial charge in [-0.15, -0.1) is 0 Å². The average Bonchev–Trinajstić information content (AvgIpc) is 2.82. The lowest BCUT2D eigenvalue weighted by Gasteiger charge is -2.22. The van der Waals surface area contributed by atoms with Crippen molar-refractivity contribution in [2.75, 3.05) is 0 Å². The number of carbonyl (C=O) groups is 2. The fraction of sp³-hybridized carbons (Fsp3) is 0.111. The number of thioether (sulfide) groups is 1. The molecule has 1 saturated heterocycles. The van der Waals surface area contributed by atoms with Crippen LogP contribution in [0.5, 0.6) is 0 Å². The van der Waals surface area contributed by atoms with Crippen molar-refractivity contribution in [3.05, 3.63) is 76.2 Å². The monoisotopic (exact) mass is 324 g/mol. The molecule has 23 heavy (non-hydrogen) atoms. The van der Waals surface area contributed by atoms with Gasteiger partial charge in [0, 0.05) is 0 Å². The van der Waals surface area contributed by atoms with Crippen LogP contribution in [0, 0.1) is 6.92 Å². The molecule has 0 bridgehead atoms. The smallest absolute Gasteiger partial charge is 0.295 e. The average molecular weight is 324 g/mol. The summed E-state index contributed by atoms with van der Waals surface area (Å²) < 4.78 is 0. The van der Waals surface area contributed by atoms with Crippen LogP contribution in [0.3, 0.4) is 0 Å². The quantitative estimate of drug-likeness (QED) is 0.875. The van der Waals surface area contributed by atoms with E-state index in [1.165, 1.54) is 0 Å². The number of aryl methyl sites for hydroxylation is 1. The lowest BCUT2D eigenvalue weighted by atomic mass is 10.1. The van der Waals surface area contributed by atoms with Crippen molar-refractivity contribution in [1.82, 2.24) is 4.90 Å². The van der Waals surface area contributed by atoms with Gasteiger partial charge in [0.2, 0.25) is 0 Å². The molecule has 4 nitrogen and oxygen atoms in total. The Hall–Kier alpha value is -2.37. The molecule has 5 heteroatoms. The fourth-order valence-corrected chi connectivity index (χ4v) is 3.34. The Morgan fingerprint density at radius 1 is 1.04 bits per heavy atom. The minimum atomic E-state index is -0.773. The molecule has 2 aromatic rings. The van der Waals surface area contributed by atoms with Gasteiger partial charge in [0.15, 0.2) is 0 Å². The van der Waals surface area contributed by atoms with Gasteiger partial charge in [-0.3, -0.25) is 9.59 Å². The van der Waals surface area contributed by atoms with E-state index in [1.807, 2.05) is 61.5 Å². The first-order valence-electron chi connectivity index (χ1n) is 7.21. The highest BCUT2D eigenvalue weighted by atomic mass is 32.2. The van der Waals surface area contributed by atoms with Gasteiger partial charge in [0.05, 0.1) is 4.91 Å². The molecule has 1 heterocycles. The SMILES string of the molecule is Cc1ccccc1C(N)N1C(=O)S/C(=C\c2ccccc2)C1=O. The summed E-state index contributed by atoms with van der Waals surface area (Å²) in [6.07, 6.45) is 0.945. The minimum Gasteiger partial charge on any atom is -0.307 e. The Kier molecular flexibility index (Phi) is 4.32. The fourth-order valence-electron chi connectivity index (χ4n) is 2.48. The summed E-state index contributed by atoms with van der Waals surface area (Å²) in [6.45, 7) is 1.91. The van der Waals surface area contributed by atoms with Gasteiger partial charge in [0.25, 0.3) is 11.1 Å². The topological polar surface area (TPSA) is 63.4 Å². The standard InChI is InChI=1S/C18H16N2O2S/c1-12-7-5-6-10-14(12)16(19)20-17(21)15(23-18(20)22)11-13-8-3-2-4-9-13/h2-11,16H,19H2,1H3/b15-11-. The molecule has 1 unspecified atom stereocenters. The molecule has 0 aliphatic carbocycles. The molecule has 2 N–H and O–H groups in total. The second-order valence-corrected chi connectivity index (χ2v) is 6.26. The van der Waals surface area contributed by atoms with Crippen molar-refractivity contribution in [2.45, 2.75) is 13.1 Å². The molecule has 1 atom stereocenters. The van der Waals surface area contributed by atoms with E-state index in [4.69, 9.17) is 5.73 Å². The molecule has 0 radical (unpaired) electrons. The highest BCUT2D eigenvalue weighted by molar-refractivity contribution is 8.18. The second-order valence-electron chi connectivity index (χ2n) is 5.26. The van der Waals surface area contributed by atoms with Gasteiger partial charge in [-0.2, -0.15) is 0 Å². The van der Waals surface area contributed by atoms with E-state index in [1.54, 1.807) is 6.08 Å². The van der Waals surface area contributed by atoms with Crippen LogP contribution in [-0.4, -0.2) is 16.0 Å². The Morgan fingerprint density at radius 2 is 1.70 bits per heavy atom. The number of hydrogen-bond donors (Lipinski definition) is 1. The number of benzene rings is 2. The van der Waals surface area contributed by atoms with Gasteiger partial charge in [-0.25, -0.2) is 4.90 Å². The van der Waals surface area contributed by atoms with Crippen molar-refractivity contribution >= 4 is 29.0 Å². The summed E-state index contributed by atoms with van der Waals surface area (Å²) in [5, 5.41) is -0.340. The van der Waals surface area contributed by atoms with Crippen LogP contribution in [0.25, 0.3) is 6.08 Å². The van der Waals surface area contributed by atoms with E-state index in [9.17, 15) is 9.59 Å². The maximum Gasteiger partial charge on any atom is 0.295 e. The summed E-state index contributed by atoms with van der Waals surface area (Å²) in [5.74, 6) is -0.348. The second kappa shape index (κ2) is 6.40. The molecular formula is C18H16N2O2S. The van der Waals surface area contributed by atoms with Crippen molar-refractivity contribution < 1.29 is 9.59 Å². The maximum absolute atomic E-state index is 12.6. The number of nitrogens with two attached hydrogens (primary N) is 1. The third-order valence-electron chi connectivity index (χ3n) is 3.71. The lowest BCUT2D eigenvalue weighted by Crippen LogP contribution is -2.38. The van der Waals surface area contributed by atoms with E-state index in [0.717, 1.165) is 33.4 Å². The number of amides is 2. The van der Waals surface area contributed by atoms with Gasteiger partial charge in [-0.05, 0) is 41.5 Å². The van der Waals surface area contributed by atoms with Crippen LogP contribution in [0.15, 0.2) is 59.5 Å². The van der Waals surface area contributed by atoms with E-state index in [2.05, 4.69) is 0 Å². The molecule has 3 rings (SSSR count). The number of imide groups is 1. The summed E-state index contributed by atoms with van der Waals surface area (Å²) in [6, 6.07) is 16.9. The van der Waals surface area contributed by atoms with Crippen LogP contribution in [0.2, 0.25) is 0 Å². The molecule has 1 aliphatic heterocycles. The zero-order valence-electron chi connectivity index (χ0n) is 12.6. The van der Waals surface area contributed by atoms with Crippen molar-refractivity contribution in [1.29, 1.82) is 0 Å². The predicted molar refractivity (Wildman–Crippen MR) is 92.4 cm³/mol. The Labute approximate surface area is 139 Å². The van der Waals surface area contributed by atoms with Crippen LogP contribution in [0.1, 0.15) is 22.9 Å². The summed E-state index contributed by atoms with van der Waals surface area (Å²) in [5.41, 5.74) is 8.78. The van der Waals surface area contributed by atoms with E-state index < -0.39 is 6.17 Å². The Morgan fingerprint density at radius 3 is 2.39 bits per heavy atom. The first kappa shape index (κ1) is 15.5. The molecule has 0 aromatic heterocycles. The molecule has 1 aliphatic rings. The molecule has 0 saturated carbocycles. The summed E-state index contributed by atoms with van der Waals surface area (Å²) in [4.78, 5) is 26.4. The zero-order valence-corrected chi connectivity index (χ0v) is 13.4. The molecule has 2 aromatic carbocycles. The van der Waals surface area contributed by atoms with E-state index in [-0.39, 0.29) is 11.1 Å². The molecular weight excluding hydrogens is 308 g/mol. The van der Waals surface area contributed by atoms with Crippen LogP contribution in [0.4, 0.5) is 4.79 Å². The third kappa shape index (κ3) is 3.06. The highest BCUT2D eigenvalue weighted by Gasteiger charge is 2.39. The van der Waals surface area contributed by atoms with Gasteiger partial charge >= 0.3 is 0 Å². The van der Waals surface area contributed by atoms with Crippen LogP contribution < -0.4 is 5.73 Å². The molecule has 0 spiro atoms. The van der Waals surface area contributed by atoms with Crippen molar-refractivity contribution in [3.63, 3.8) is 0 Å². The third-order valence-corrected chi connectivity index (χ3v) is 4.59. The lowest BCUT2D eigenvalue weighted by molar-refractivity contribution is -0.124. The number of nitrogens with zero attached hydrogens (tertiary/aromatic N) is 1. The Balaban J connectivity index is 1.90. The van der Waals surface area contributed by atoms with Gasteiger partial charge in [0.1, 0.15) is 6.17 Å². The summed E-state index contributed by atoms with van der Waals surface area (Å²) in [7, 11) is 0. The molecule has 116 valence electrons. The van der Waals surface area contributed by atoms with Gasteiger partial charge in [-0.1, -0.05) is 54.6 Å². The van der Waals surface area contributed by atoms with Gasteiger partial charge < -0.3 is 5.73 Å². The van der Waals surface area contributed by atoms with E-state index >= 15 is 0 Å². The highest BCUT2D eigenvalue weighted by Crippen LogP contribution is 2.36. The Bertz CT molecular complexity index is 787. The van der Waals surface area contributed by atoms with Crippen LogP contribution in [-0.2, 0) is 4.79 Å². The first-order chi connectivity index (χ1) is 11.1. The predicted octanol–water partition coefficient (Wildman–Crippen LogP) is 3.69. The van der Waals surface area contributed by atoms with Crippen LogP contribution >= 0.6 is 11.8 Å². The number of rotatable bonds is 3. The molecule has 2 amide bonds. The number of carbonyl (C=O) groups excluding carboxylic acids is 2. The minimum absolute atomic E-state index is 0.340. The largest absolute Gasteiger partial charge is 0.307 e. The zero-order chi connectivity index (χ0) is 16.4. The van der Waals surface area contributed by atoms with Crippen molar-refractivity contribution in [2.24, 2.45) is 5.73 Å². The first-order valence-corrected chi connectivity index (χ1v) is 8.03.